The minimum absolute atomic E-state index is 0.0285. The molecule has 0 aromatic rings. The second kappa shape index (κ2) is 27.3. The molecule has 240 valence electrons. The third-order valence-corrected chi connectivity index (χ3v) is 5.06. The van der Waals surface area contributed by atoms with Crippen molar-refractivity contribution in [3.8, 4) is 0 Å². The van der Waals surface area contributed by atoms with Crippen LogP contribution in [0.5, 0.6) is 0 Å². The number of aliphatic hydroxyl groups is 4. The summed E-state index contributed by atoms with van der Waals surface area (Å²) in [6.45, 7) is 15.7. The van der Waals surface area contributed by atoms with Crippen molar-refractivity contribution in [2.45, 2.75) is 24.4 Å². The largest absolute Gasteiger partial charge is 0.388 e. The average molecular weight is 593 g/mol. The molecule has 0 spiro atoms. The van der Waals surface area contributed by atoms with Crippen molar-refractivity contribution in [1.82, 2.24) is 0 Å². The molecular formula is C29H52O12. The summed E-state index contributed by atoms with van der Waals surface area (Å²) in [5.41, 5.74) is -0.938. The SMILES string of the molecule is C=CCOCC(O)COCC(COCC(O)COCC=C)(COCC(O)COCC=C)COCC(O)COCC=C. The van der Waals surface area contributed by atoms with Gasteiger partial charge < -0.3 is 58.3 Å². The molecule has 0 amide bonds. The van der Waals surface area contributed by atoms with Crippen molar-refractivity contribution in [2.75, 3.05) is 106 Å². The smallest absolute Gasteiger partial charge is 0.101 e. The monoisotopic (exact) mass is 592 g/mol. The molecule has 0 bridgehead atoms. The summed E-state index contributed by atoms with van der Waals surface area (Å²) in [5, 5.41) is 40.8. The van der Waals surface area contributed by atoms with Crippen molar-refractivity contribution in [3.05, 3.63) is 50.6 Å². The summed E-state index contributed by atoms with van der Waals surface area (Å²) in [5.74, 6) is 0. The van der Waals surface area contributed by atoms with Gasteiger partial charge in [0.1, 0.15) is 24.4 Å². The minimum atomic E-state index is -0.938. The summed E-state index contributed by atoms with van der Waals surface area (Å²) in [7, 11) is 0. The lowest BCUT2D eigenvalue weighted by atomic mass is 9.92. The molecule has 0 heterocycles. The Balaban J connectivity index is 5.34. The standard InChI is InChI=1S/C29H52O12/c1-5-9-34-13-25(30)17-38-21-29(22-39-18-26(31)14-35-10-6-2,23-40-19-27(32)15-36-11-7-3)24-41-20-28(33)16-37-12-8-4/h5-8,25-28,30-33H,1-4,9-24H2. The zero-order valence-electron chi connectivity index (χ0n) is 24.3. The molecule has 0 rings (SSSR count). The third kappa shape index (κ3) is 23.7. The Hall–Kier alpha value is -1.52. The second-order valence-corrected chi connectivity index (χ2v) is 9.48. The van der Waals surface area contributed by atoms with Gasteiger partial charge in [-0.3, -0.25) is 0 Å². The Bertz CT molecular complexity index is 538. The van der Waals surface area contributed by atoms with Gasteiger partial charge in [0.05, 0.1) is 111 Å². The first-order valence-corrected chi connectivity index (χ1v) is 13.6. The van der Waals surface area contributed by atoms with Crippen LogP contribution in [0.3, 0.4) is 0 Å². The maximum Gasteiger partial charge on any atom is 0.101 e. The average Bonchev–Trinajstić information content (AvgIpc) is 2.93. The van der Waals surface area contributed by atoms with Gasteiger partial charge in [0.2, 0.25) is 0 Å². The van der Waals surface area contributed by atoms with Gasteiger partial charge >= 0.3 is 0 Å². The molecule has 0 aliphatic carbocycles. The molecule has 41 heavy (non-hydrogen) atoms. The van der Waals surface area contributed by atoms with Gasteiger partial charge in [0, 0.05) is 0 Å². The van der Waals surface area contributed by atoms with Crippen molar-refractivity contribution in [3.63, 3.8) is 0 Å². The fourth-order valence-electron chi connectivity index (χ4n) is 3.24. The van der Waals surface area contributed by atoms with Crippen LogP contribution in [0, 0.1) is 5.41 Å². The summed E-state index contributed by atoms with van der Waals surface area (Å²) < 4.78 is 44.3. The van der Waals surface area contributed by atoms with Crippen LogP contribution in [-0.2, 0) is 37.9 Å². The number of rotatable bonds is 32. The lowest BCUT2D eigenvalue weighted by Crippen LogP contribution is -2.44. The van der Waals surface area contributed by atoms with E-state index in [0.29, 0.717) is 26.4 Å². The fourth-order valence-corrected chi connectivity index (χ4v) is 3.24. The van der Waals surface area contributed by atoms with Crippen LogP contribution in [0.25, 0.3) is 0 Å². The lowest BCUT2D eigenvalue weighted by molar-refractivity contribution is -0.139. The van der Waals surface area contributed by atoms with Crippen LogP contribution in [0.1, 0.15) is 0 Å². The zero-order valence-corrected chi connectivity index (χ0v) is 24.3. The molecule has 0 saturated carbocycles. The summed E-state index contributed by atoms with van der Waals surface area (Å²) >= 11 is 0. The Morgan fingerprint density at radius 1 is 0.390 bits per heavy atom. The molecule has 4 N–H and O–H groups in total. The van der Waals surface area contributed by atoms with Gasteiger partial charge in [-0.05, 0) is 0 Å². The lowest BCUT2D eigenvalue weighted by Gasteiger charge is -2.34. The third-order valence-electron chi connectivity index (χ3n) is 5.06. The van der Waals surface area contributed by atoms with E-state index in [1.54, 1.807) is 24.3 Å². The highest BCUT2D eigenvalue weighted by atomic mass is 16.5. The molecule has 0 aliphatic rings. The number of hydrogen-bond donors (Lipinski definition) is 4. The summed E-state index contributed by atoms with van der Waals surface area (Å²) in [4.78, 5) is 0. The van der Waals surface area contributed by atoms with Crippen LogP contribution in [0.15, 0.2) is 50.6 Å². The zero-order chi connectivity index (χ0) is 30.6. The van der Waals surface area contributed by atoms with E-state index in [1.807, 2.05) is 0 Å². The predicted molar refractivity (Wildman–Crippen MR) is 154 cm³/mol. The highest BCUT2D eigenvalue weighted by Gasteiger charge is 2.34. The minimum Gasteiger partial charge on any atom is -0.388 e. The molecule has 0 aromatic heterocycles. The second-order valence-electron chi connectivity index (χ2n) is 9.48. The first-order chi connectivity index (χ1) is 19.8. The van der Waals surface area contributed by atoms with Crippen molar-refractivity contribution in [1.29, 1.82) is 0 Å². The maximum absolute atomic E-state index is 10.2. The molecule has 0 fully saturated rings. The van der Waals surface area contributed by atoms with Gasteiger partial charge in [-0.15, -0.1) is 26.3 Å². The first-order valence-electron chi connectivity index (χ1n) is 13.6. The number of hydrogen-bond acceptors (Lipinski definition) is 12. The van der Waals surface area contributed by atoms with Crippen LogP contribution in [0.4, 0.5) is 0 Å². The van der Waals surface area contributed by atoms with E-state index in [0.717, 1.165) is 0 Å². The molecule has 4 unspecified atom stereocenters. The van der Waals surface area contributed by atoms with Crippen LogP contribution in [0.2, 0.25) is 0 Å². The Kier molecular flexibility index (Phi) is 26.3. The Morgan fingerprint density at radius 3 is 0.780 bits per heavy atom. The molecular weight excluding hydrogens is 540 g/mol. The molecule has 0 radical (unpaired) electrons. The molecule has 12 heteroatoms. The van der Waals surface area contributed by atoms with Gasteiger partial charge in [0.25, 0.3) is 0 Å². The van der Waals surface area contributed by atoms with Gasteiger partial charge in [-0.25, -0.2) is 0 Å². The van der Waals surface area contributed by atoms with Crippen LogP contribution in [-0.4, -0.2) is 151 Å². The Labute approximate surface area is 244 Å². The highest BCUT2D eigenvalue weighted by molar-refractivity contribution is 4.81. The molecule has 0 aliphatic heterocycles. The van der Waals surface area contributed by atoms with E-state index in [-0.39, 0.29) is 79.3 Å². The maximum atomic E-state index is 10.2. The molecule has 12 nitrogen and oxygen atoms in total. The van der Waals surface area contributed by atoms with E-state index in [9.17, 15) is 20.4 Å². The van der Waals surface area contributed by atoms with E-state index in [4.69, 9.17) is 37.9 Å². The van der Waals surface area contributed by atoms with Gasteiger partial charge in [-0.2, -0.15) is 0 Å². The quantitative estimate of drug-likeness (QED) is 0.0627. The molecule has 0 saturated heterocycles. The van der Waals surface area contributed by atoms with E-state index in [1.165, 1.54) is 0 Å². The topological polar surface area (TPSA) is 155 Å². The first kappa shape index (κ1) is 39.5. The van der Waals surface area contributed by atoms with Crippen LogP contribution < -0.4 is 0 Å². The number of aliphatic hydroxyl groups excluding tert-OH is 4. The summed E-state index contributed by atoms with van der Waals surface area (Å²) in [6.07, 6.45) is 2.78. The molecule has 0 aromatic carbocycles. The number of ether oxygens (including phenoxy) is 8. The summed E-state index contributed by atoms with van der Waals surface area (Å²) in [6, 6.07) is 0. The van der Waals surface area contributed by atoms with Crippen LogP contribution >= 0.6 is 0 Å². The van der Waals surface area contributed by atoms with E-state index in [2.05, 4.69) is 26.3 Å². The highest BCUT2D eigenvalue weighted by Crippen LogP contribution is 2.22. The fraction of sp³-hybridized carbons (Fsp3) is 0.724. The van der Waals surface area contributed by atoms with E-state index < -0.39 is 29.8 Å². The van der Waals surface area contributed by atoms with Gasteiger partial charge in [-0.1, -0.05) is 24.3 Å². The van der Waals surface area contributed by atoms with Crippen molar-refractivity contribution < 1.29 is 58.3 Å². The predicted octanol–water partition coefficient (Wildman–Crippen LogP) is 0.293. The molecule has 4 atom stereocenters. The van der Waals surface area contributed by atoms with E-state index >= 15 is 0 Å². The van der Waals surface area contributed by atoms with Gasteiger partial charge in [0.15, 0.2) is 0 Å². The van der Waals surface area contributed by atoms with Crippen molar-refractivity contribution >= 4 is 0 Å². The Morgan fingerprint density at radius 2 is 0.585 bits per heavy atom. The van der Waals surface area contributed by atoms with Crippen molar-refractivity contribution in [2.24, 2.45) is 5.41 Å². The normalized spacial score (nSPS) is 15.9.